The number of ketones is 2. The van der Waals surface area contributed by atoms with E-state index in [2.05, 4.69) is 57.5 Å². The Kier molecular flexibility index (Phi) is 26.1. The molecular weight excluding hydrogens is 1250 g/mol. The number of aliphatic hydroxyl groups excluding tert-OH is 2. The Morgan fingerprint density at radius 1 is 0.561 bits per heavy atom. The van der Waals surface area contributed by atoms with Crippen molar-refractivity contribution >= 4 is 40.7 Å². The fourth-order valence-corrected chi connectivity index (χ4v) is 12.1. The van der Waals surface area contributed by atoms with E-state index in [0.717, 1.165) is 94.8 Å². The number of anilines is 1. The van der Waals surface area contributed by atoms with Crippen LogP contribution in [0.5, 0.6) is 23.0 Å². The van der Waals surface area contributed by atoms with Gasteiger partial charge in [-0.1, -0.05) is 151 Å². The van der Waals surface area contributed by atoms with Gasteiger partial charge in [-0.3, -0.25) is 9.59 Å². The quantitative estimate of drug-likeness (QED) is 0.0343. The SMILES string of the molecule is CC(C)(C)C1Cc2cc(CC(=O)C3(c4ccc5c(c4)OCO5)CC3)c(F)cc2N1.CC(C)(C)c1cc2cc(CC(=O)C3(c4ccc5c(c4)OCO5)CC3)c(F)cc2n1CCCO.O=CCCOCc1ccccc1.O=CCCOCc1ccccc1.OCCCOCc1ccccc1. The highest BCUT2D eigenvalue weighted by Crippen LogP contribution is 2.53. The number of hydrogen-bond donors (Lipinski definition) is 3. The summed E-state index contributed by atoms with van der Waals surface area (Å²) in [6.45, 7) is 17.7. The molecule has 1 unspecified atom stereocenters. The van der Waals surface area contributed by atoms with Crippen molar-refractivity contribution in [1.29, 1.82) is 0 Å². The normalized spacial score (nSPS) is 15.3. The Bertz CT molecular complexity index is 3860. The summed E-state index contributed by atoms with van der Waals surface area (Å²) in [4.78, 5) is 46.5. The van der Waals surface area contributed by atoms with Crippen molar-refractivity contribution in [1.82, 2.24) is 4.57 Å². The highest BCUT2D eigenvalue weighted by atomic mass is 19.1. The highest BCUT2D eigenvalue weighted by Gasteiger charge is 2.52. The molecule has 3 N–H and O–H groups in total. The molecule has 0 radical (unpaired) electrons. The maximum Gasteiger partial charge on any atom is 0.231 e. The Hall–Kier alpha value is -8.58. The molecular formula is C81H94F2N2O13. The molecule has 2 fully saturated rings. The monoisotopic (exact) mass is 1340 g/mol. The number of Topliss-reactive ketones (excluding diaryl/α,β-unsaturated/α-hetero) is 2. The summed E-state index contributed by atoms with van der Waals surface area (Å²) in [6, 6.07) is 50.4. The molecule has 13 rings (SSSR count). The molecule has 520 valence electrons. The van der Waals surface area contributed by atoms with Gasteiger partial charge in [0.2, 0.25) is 13.6 Å². The van der Waals surface area contributed by atoms with E-state index in [9.17, 15) is 28.7 Å². The van der Waals surface area contributed by atoms with Gasteiger partial charge in [-0.2, -0.15) is 0 Å². The van der Waals surface area contributed by atoms with Crippen LogP contribution in [0.4, 0.5) is 14.5 Å². The van der Waals surface area contributed by atoms with Crippen LogP contribution in [0.15, 0.2) is 158 Å². The number of benzene rings is 7. The van der Waals surface area contributed by atoms with Gasteiger partial charge in [-0.25, -0.2) is 8.78 Å². The second kappa shape index (κ2) is 34.8. The van der Waals surface area contributed by atoms with Crippen LogP contribution in [0.1, 0.15) is 143 Å². The number of carbonyl (C=O) groups is 4. The van der Waals surface area contributed by atoms with E-state index in [-0.39, 0.29) is 79.7 Å². The second-order valence-corrected chi connectivity index (χ2v) is 27.5. The summed E-state index contributed by atoms with van der Waals surface area (Å²) < 4.78 is 69.6. The van der Waals surface area contributed by atoms with Crippen molar-refractivity contribution < 1.29 is 71.3 Å². The maximum absolute atomic E-state index is 15.2. The summed E-state index contributed by atoms with van der Waals surface area (Å²) >= 11 is 0. The van der Waals surface area contributed by atoms with E-state index in [4.69, 9.17) is 38.3 Å². The largest absolute Gasteiger partial charge is 0.454 e. The van der Waals surface area contributed by atoms with E-state index in [0.29, 0.717) is 106 Å². The maximum atomic E-state index is 15.2. The molecule has 3 aliphatic heterocycles. The molecule has 7 aromatic carbocycles. The average Bonchev–Trinajstić information content (AvgIpc) is 1.62. The van der Waals surface area contributed by atoms with Crippen LogP contribution in [-0.4, -0.2) is 91.6 Å². The molecule has 0 saturated heterocycles. The number of halogens is 2. The van der Waals surface area contributed by atoms with Crippen LogP contribution in [0, 0.1) is 17.0 Å². The zero-order chi connectivity index (χ0) is 69.7. The van der Waals surface area contributed by atoms with Crippen LogP contribution in [-0.2, 0) is 95.3 Å². The summed E-state index contributed by atoms with van der Waals surface area (Å²) in [5, 5.41) is 22.2. The van der Waals surface area contributed by atoms with Crippen molar-refractivity contribution in [2.45, 2.75) is 161 Å². The highest BCUT2D eigenvalue weighted by molar-refractivity contribution is 5.96. The molecule has 0 bridgehead atoms. The Balaban J connectivity index is 0.000000155. The Labute approximate surface area is 574 Å². The van der Waals surface area contributed by atoms with Crippen molar-refractivity contribution in [2.24, 2.45) is 5.41 Å². The first kappa shape index (κ1) is 73.7. The number of carbonyl (C=O) groups excluding carboxylic acids is 4. The second-order valence-electron chi connectivity index (χ2n) is 27.5. The standard InChI is InChI=1S/C27H30FNO4.C24H26FNO3.C10H14O2.2C10H12O2/c1-26(2,3)24-12-18-11-17(20(28)15-21(18)29(24)9-4-10-30)13-25(31)27(7-8-27)19-5-6-22-23(14-19)33-16-32-22;1-23(2,3)21-9-15-8-14(17(25)12-18(15)26-21)10-22(27)24(6-7-24)16-4-5-19-20(11-16)29-13-28-19;3*11-7-4-8-12-9-10-5-2-1-3-6-10/h5-6,11-12,14-15,30H,4,7-10,13,16H2,1-3H3;4-5,8,11-12,21,26H,6-7,9-10,13H2,1-3H3;1-3,5-6,11H,4,7-9H2;2*1-3,5-7H,4,8-9H2. The molecule has 2 saturated carbocycles. The van der Waals surface area contributed by atoms with Gasteiger partial charge in [0.25, 0.3) is 0 Å². The van der Waals surface area contributed by atoms with Crippen molar-refractivity contribution in [3.8, 4) is 23.0 Å². The number of aromatic nitrogens is 1. The van der Waals surface area contributed by atoms with Crippen LogP contribution in [0.2, 0.25) is 0 Å². The number of fused-ring (bicyclic) bond motifs is 4. The smallest absolute Gasteiger partial charge is 0.231 e. The number of ether oxygens (including phenoxy) is 7. The predicted octanol–water partition coefficient (Wildman–Crippen LogP) is 15.0. The molecule has 15 nitrogen and oxygen atoms in total. The minimum absolute atomic E-state index is 0.0374. The topological polar surface area (TPSA) is 190 Å². The van der Waals surface area contributed by atoms with Crippen molar-refractivity contribution in [3.63, 3.8) is 0 Å². The Morgan fingerprint density at radius 2 is 1.01 bits per heavy atom. The van der Waals surface area contributed by atoms with Gasteiger partial charge in [-0.05, 0) is 143 Å². The lowest BCUT2D eigenvalue weighted by Gasteiger charge is -2.27. The molecule has 4 heterocycles. The fraction of sp³-hybridized carbons (Fsp3) is 0.407. The summed E-state index contributed by atoms with van der Waals surface area (Å²) in [5.41, 5.74) is 8.99. The number of aldehydes is 2. The number of aryl methyl sites for hydroxylation is 1. The molecule has 0 amide bonds. The molecule has 2 aliphatic carbocycles. The molecule has 17 heteroatoms. The first-order valence-electron chi connectivity index (χ1n) is 34.0. The van der Waals surface area contributed by atoms with E-state index >= 15 is 4.39 Å². The zero-order valence-electron chi connectivity index (χ0n) is 57.4. The minimum atomic E-state index is -0.563. The van der Waals surface area contributed by atoms with E-state index in [1.807, 2.05) is 140 Å². The lowest BCUT2D eigenvalue weighted by molar-refractivity contribution is -0.121. The summed E-state index contributed by atoms with van der Waals surface area (Å²) in [6.07, 6.45) is 8.17. The summed E-state index contributed by atoms with van der Waals surface area (Å²) in [5.74, 6) is 2.20. The van der Waals surface area contributed by atoms with Gasteiger partial charge in [-0.15, -0.1) is 0 Å². The van der Waals surface area contributed by atoms with Gasteiger partial charge in [0, 0.05) is 80.3 Å². The van der Waals surface area contributed by atoms with Gasteiger partial charge in [0.15, 0.2) is 23.0 Å². The van der Waals surface area contributed by atoms with Crippen molar-refractivity contribution in [2.75, 3.05) is 51.9 Å². The minimum Gasteiger partial charge on any atom is -0.454 e. The van der Waals surface area contributed by atoms with Gasteiger partial charge in [0.1, 0.15) is 35.8 Å². The molecule has 5 aliphatic rings. The van der Waals surface area contributed by atoms with Gasteiger partial charge in [0.05, 0.1) is 49.4 Å². The van der Waals surface area contributed by atoms with Crippen LogP contribution in [0.3, 0.4) is 0 Å². The lowest BCUT2D eigenvalue weighted by Crippen LogP contribution is -2.31. The van der Waals surface area contributed by atoms with E-state index in [1.165, 1.54) is 5.56 Å². The zero-order valence-corrected chi connectivity index (χ0v) is 57.4. The van der Waals surface area contributed by atoms with Crippen LogP contribution in [0.25, 0.3) is 10.9 Å². The van der Waals surface area contributed by atoms with Crippen LogP contribution < -0.4 is 24.3 Å². The number of aliphatic hydroxyl groups is 2. The summed E-state index contributed by atoms with van der Waals surface area (Å²) in [7, 11) is 0. The molecule has 1 aromatic heterocycles. The first-order valence-corrected chi connectivity index (χ1v) is 34.0. The van der Waals surface area contributed by atoms with E-state index in [1.54, 1.807) is 12.1 Å². The first-order chi connectivity index (χ1) is 47.3. The molecule has 1 atom stereocenters. The van der Waals surface area contributed by atoms with E-state index < -0.39 is 10.8 Å². The van der Waals surface area contributed by atoms with Crippen molar-refractivity contribution in [3.05, 3.63) is 220 Å². The third-order valence-electron chi connectivity index (χ3n) is 18.1. The van der Waals surface area contributed by atoms with Crippen LogP contribution >= 0.6 is 0 Å². The van der Waals surface area contributed by atoms with Gasteiger partial charge >= 0.3 is 0 Å². The average molecular weight is 1340 g/mol. The fourth-order valence-electron chi connectivity index (χ4n) is 12.1. The molecule has 0 spiro atoms. The number of nitrogens with zero attached hydrogens (tertiary/aromatic N) is 1. The number of nitrogens with one attached hydrogen (secondary N) is 1. The molecule has 8 aromatic rings. The third-order valence-corrected chi connectivity index (χ3v) is 18.1. The number of hydrogen-bond acceptors (Lipinski definition) is 14. The Morgan fingerprint density at radius 3 is 1.45 bits per heavy atom. The number of rotatable bonds is 26. The molecule has 98 heavy (non-hydrogen) atoms. The lowest BCUT2D eigenvalue weighted by atomic mass is 9.84. The predicted molar refractivity (Wildman–Crippen MR) is 375 cm³/mol. The third kappa shape index (κ3) is 19.8. The van der Waals surface area contributed by atoms with Gasteiger partial charge < -0.3 is 62.8 Å².